The fraction of sp³-hybridized carbons (Fsp3) is 0.625. The SMILES string of the molecule is C[C@H](NCC(O)COc1cccc(Cl)c1)C1CCCC1. The van der Waals surface area contributed by atoms with Crippen LogP contribution in [0.15, 0.2) is 24.3 Å². The Morgan fingerprint density at radius 1 is 1.40 bits per heavy atom. The molecule has 1 aliphatic rings. The molecule has 3 nitrogen and oxygen atoms in total. The van der Waals surface area contributed by atoms with E-state index in [0.717, 1.165) is 5.92 Å². The maximum atomic E-state index is 9.95. The van der Waals surface area contributed by atoms with Crippen molar-refractivity contribution >= 4 is 11.6 Å². The Hall–Kier alpha value is -0.770. The number of nitrogens with one attached hydrogen (secondary N) is 1. The monoisotopic (exact) mass is 297 g/mol. The number of rotatable bonds is 7. The van der Waals surface area contributed by atoms with Gasteiger partial charge in [0.15, 0.2) is 0 Å². The van der Waals surface area contributed by atoms with Crippen molar-refractivity contribution in [3.8, 4) is 5.75 Å². The highest BCUT2D eigenvalue weighted by Crippen LogP contribution is 2.27. The molecule has 0 aliphatic heterocycles. The van der Waals surface area contributed by atoms with Gasteiger partial charge in [-0.1, -0.05) is 30.5 Å². The second-order valence-electron chi connectivity index (χ2n) is 5.66. The Labute approximate surface area is 126 Å². The Morgan fingerprint density at radius 2 is 2.15 bits per heavy atom. The molecule has 0 radical (unpaired) electrons. The van der Waals surface area contributed by atoms with Crippen molar-refractivity contribution in [2.24, 2.45) is 5.92 Å². The minimum atomic E-state index is -0.502. The van der Waals surface area contributed by atoms with E-state index in [2.05, 4.69) is 12.2 Å². The Bertz CT molecular complexity index is 407. The molecule has 1 aliphatic carbocycles. The van der Waals surface area contributed by atoms with E-state index in [1.807, 2.05) is 12.1 Å². The lowest BCUT2D eigenvalue weighted by atomic mass is 10.00. The summed E-state index contributed by atoms with van der Waals surface area (Å²) in [6.07, 6.45) is 4.80. The standard InChI is InChI=1S/C16H24ClNO2/c1-12(13-5-2-3-6-13)18-10-15(19)11-20-16-8-4-7-14(17)9-16/h4,7-9,12-13,15,18-19H,2-3,5-6,10-11H2,1H3/t12-,15?/m0/s1. The van der Waals surface area contributed by atoms with E-state index >= 15 is 0 Å². The summed E-state index contributed by atoms with van der Waals surface area (Å²) in [5, 5.41) is 14.0. The number of aliphatic hydroxyl groups is 1. The molecule has 1 aromatic rings. The first-order chi connectivity index (χ1) is 9.65. The van der Waals surface area contributed by atoms with E-state index in [9.17, 15) is 5.11 Å². The van der Waals surface area contributed by atoms with Crippen molar-refractivity contribution < 1.29 is 9.84 Å². The van der Waals surface area contributed by atoms with Crippen molar-refractivity contribution in [1.29, 1.82) is 0 Å². The van der Waals surface area contributed by atoms with E-state index in [1.165, 1.54) is 25.7 Å². The van der Waals surface area contributed by atoms with Gasteiger partial charge in [0.2, 0.25) is 0 Å². The van der Waals surface area contributed by atoms with Crippen LogP contribution in [0.1, 0.15) is 32.6 Å². The molecule has 0 amide bonds. The van der Waals surface area contributed by atoms with Gasteiger partial charge in [0.1, 0.15) is 18.5 Å². The van der Waals surface area contributed by atoms with Gasteiger partial charge in [-0.2, -0.15) is 0 Å². The molecule has 0 spiro atoms. The maximum absolute atomic E-state index is 9.95. The predicted octanol–water partition coefficient (Wildman–Crippen LogP) is 3.25. The molecule has 0 saturated heterocycles. The predicted molar refractivity (Wildman–Crippen MR) is 82.4 cm³/mol. The number of hydrogen-bond donors (Lipinski definition) is 2. The molecular formula is C16H24ClNO2. The molecule has 20 heavy (non-hydrogen) atoms. The van der Waals surface area contributed by atoms with Crippen molar-refractivity contribution in [3.63, 3.8) is 0 Å². The number of halogens is 1. The van der Waals surface area contributed by atoms with Crippen LogP contribution in [-0.4, -0.2) is 30.4 Å². The van der Waals surface area contributed by atoms with Gasteiger partial charge < -0.3 is 15.2 Å². The Morgan fingerprint density at radius 3 is 2.85 bits per heavy atom. The van der Waals surface area contributed by atoms with Crippen LogP contribution < -0.4 is 10.1 Å². The van der Waals surface area contributed by atoms with Crippen molar-refractivity contribution in [3.05, 3.63) is 29.3 Å². The van der Waals surface area contributed by atoms with Crippen LogP contribution in [0.25, 0.3) is 0 Å². The quantitative estimate of drug-likeness (QED) is 0.812. The van der Waals surface area contributed by atoms with Gasteiger partial charge >= 0.3 is 0 Å². The smallest absolute Gasteiger partial charge is 0.120 e. The third-order valence-corrected chi connectivity index (χ3v) is 4.26. The van der Waals surface area contributed by atoms with Gasteiger partial charge in [-0.3, -0.25) is 0 Å². The van der Waals surface area contributed by atoms with Crippen molar-refractivity contribution in [2.75, 3.05) is 13.2 Å². The number of ether oxygens (including phenoxy) is 1. The third-order valence-electron chi connectivity index (χ3n) is 4.02. The van der Waals surface area contributed by atoms with Crippen LogP contribution >= 0.6 is 11.6 Å². The van der Waals surface area contributed by atoms with Crippen molar-refractivity contribution in [1.82, 2.24) is 5.32 Å². The highest BCUT2D eigenvalue weighted by molar-refractivity contribution is 6.30. The highest BCUT2D eigenvalue weighted by atomic mass is 35.5. The second-order valence-corrected chi connectivity index (χ2v) is 6.10. The van der Waals surface area contributed by atoms with Crippen LogP contribution in [-0.2, 0) is 0 Å². The molecule has 0 heterocycles. The number of aliphatic hydroxyl groups excluding tert-OH is 1. The van der Waals surface area contributed by atoms with Crippen LogP contribution in [0.4, 0.5) is 0 Å². The first-order valence-electron chi connectivity index (χ1n) is 7.45. The summed E-state index contributed by atoms with van der Waals surface area (Å²) in [6.45, 7) is 3.06. The van der Waals surface area contributed by atoms with Gasteiger partial charge in [-0.05, 0) is 43.9 Å². The summed E-state index contributed by atoms with van der Waals surface area (Å²) in [5.74, 6) is 1.46. The summed E-state index contributed by atoms with van der Waals surface area (Å²) < 4.78 is 5.53. The summed E-state index contributed by atoms with van der Waals surface area (Å²) >= 11 is 5.88. The lowest BCUT2D eigenvalue weighted by Gasteiger charge is -2.22. The molecular weight excluding hydrogens is 274 g/mol. The zero-order valence-electron chi connectivity index (χ0n) is 12.0. The third kappa shape index (κ3) is 4.97. The largest absolute Gasteiger partial charge is 0.491 e. The zero-order valence-corrected chi connectivity index (χ0v) is 12.8. The molecule has 1 fully saturated rings. The van der Waals surface area contributed by atoms with E-state index in [-0.39, 0.29) is 6.61 Å². The van der Waals surface area contributed by atoms with Gasteiger partial charge in [-0.25, -0.2) is 0 Å². The van der Waals surface area contributed by atoms with E-state index in [4.69, 9.17) is 16.3 Å². The van der Waals surface area contributed by atoms with Crippen molar-refractivity contribution in [2.45, 2.75) is 44.8 Å². The van der Waals surface area contributed by atoms with E-state index in [1.54, 1.807) is 12.1 Å². The summed E-state index contributed by atoms with van der Waals surface area (Å²) in [6, 6.07) is 7.70. The highest BCUT2D eigenvalue weighted by Gasteiger charge is 2.21. The average Bonchev–Trinajstić information content (AvgIpc) is 2.97. The summed E-state index contributed by atoms with van der Waals surface area (Å²) in [5.41, 5.74) is 0. The average molecular weight is 298 g/mol. The fourth-order valence-electron chi connectivity index (χ4n) is 2.75. The van der Waals surface area contributed by atoms with Gasteiger partial charge in [0, 0.05) is 17.6 Å². The Kier molecular flexibility index (Phi) is 6.14. The number of benzene rings is 1. The van der Waals surface area contributed by atoms with E-state index in [0.29, 0.717) is 23.4 Å². The number of hydrogen-bond acceptors (Lipinski definition) is 3. The lowest BCUT2D eigenvalue weighted by molar-refractivity contribution is 0.102. The van der Waals surface area contributed by atoms with Gasteiger partial charge in [0.05, 0.1) is 0 Å². The fourth-order valence-corrected chi connectivity index (χ4v) is 2.93. The van der Waals surface area contributed by atoms with Gasteiger partial charge in [0.25, 0.3) is 0 Å². The molecule has 112 valence electrons. The first-order valence-corrected chi connectivity index (χ1v) is 7.83. The maximum Gasteiger partial charge on any atom is 0.120 e. The molecule has 1 saturated carbocycles. The van der Waals surface area contributed by atoms with Crippen LogP contribution in [0.2, 0.25) is 5.02 Å². The molecule has 1 unspecified atom stereocenters. The zero-order chi connectivity index (χ0) is 14.4. The topological polar surface area (TPSA) is 41.5 Å². The lowest BCUT2D eigenvalue weighted by Crippen LogP contribution is -2.39. The summed E-state index contributed by atoms with van der Waals surface area (Å²) in [4.78, 5) is 0. The minimum Gasteiger partial charge on any atom is -0.491 e. The molecule has 0 aromatic heterocycles. The molecule has 4 heteroatoms. The van der Waals surface area contributed by atoms with E-state index < -0.39 is 6.10 Å². The minimum absolute atomic E-state index is 0.282. The second kappa shape index (κ2) is 7.87. The summed E-state index contributed by atoms with van der Waals surface area (Å²) in [7, 11) is 0. The molecule has 0 bridgehead atoms. The molecule has 2 N–H and O–H groups in total. The van der Waals surface area contributed by atoms with Crippen LogP contribution in [0.5, 0.6) is 5.75 Å². The van der Waals surface area contributed by atoms with Crippen LogP contribution in [0.3, 0.4) is 0 Å². The normalized spacial score (nSPS) is 18.9. The molecule has 2 atom stereocenters. The first kappa shape index (κ1) is 15.6. The molecule has 1 aromatic carbocycles. The van der Waals surface area contributed by atoms with Gasteiger partial charge in [-0.15, -0.1) is 0 Å². The Balaban J connectivity index is 1.66. The van der Waals surface area contributed by atoms with Crippen LogP contribution in [0, 0.1) is 5.92 Å². The molecule has 2 rings (SSSR count).